The largest absolute Gasteiger partial charge is 0.488 e. The van der Waals surface area contributed by atoms with Gasteiger partial charge in [-0.2, -0.15) is 0 Å². The molecule has 0 aromatic heterocycles. The summed E-state index contributed by atoms with van der Waals surface area (Å²) in [6.07, 6.45) is 5.99. The Bertz CT molecular complexity index is 881. The van der Waals surface area contributed by atoms with E-state index in [0.29, 0.717) is 28.3 Å². The summed E-state index contributed by atoms with van der Waals surface area (Å²) < 4.78 is 11.0. The maximum atomic E-state index is 12.5. The van der Waals surface area contributed by atoms with Crippen molar-refractivity contribution in [3.63, 3.8) is 0 Å². The Balaban J connectivity index is 1.51. The maximum Gasteiger partial charge on any atom is 0.342 e. The van der Waals surface area contributed by atoms with Crippen molar-refractivity contribution in [3.8, 4) is 5.75 Å². The first-order chi connectivity index (χ1) is 14.5. The van der Waals surface area contributed by atoms with E-state index in [2.05, 4.69) is 5.32 Å². The van der Waals surface area contributed by atoms with E-state index >= 15 is 0 Å². The van der Waals surface area contributed by atoms with Crippen molar-refractivity contribution in [2.75, 3.05) is 13.2 Å². The molecule has 0 radical (unpaired) electrons. The first-order valence-electron chi connectivity index (χ1n) is 10.1. The Hall–Kier alpha value is -2.24. The highest BCUT2D eigenvalue weighted by Gasteiger charge is 2.17. The van der Waals surface area contributed by atoms with Crippen LogP contribution < -0.4 is 10.1 Å². The molecule has 1 amide bonds. The van der Waals surface area contributed by atoms with E-state index in [9.17, 15) is 9.59 Å². The summed E-state index contributed by atoms with van der Waals surface area (Å²) in [5.74, 6) is -0.0239. The van der Waals surface area contributed by atoms with Crippen LogP contribution in [-0.2, 0) is 16.1 Å². The van der Waals surface area contributed by atoms with E-state index in [0.717, 1.165) is 18.4 Å². The molecule has 1 fully saturated rings. The summed E-state index contributed by atoms with van der Waals surface area (Å²) in [6, 6.07) is 11.9. The van der Waals surface area contributed by atoms with Gasteiger partial charge in [0.1, 0.15) is 17.9 Å². The van der Waals surface area contributed by atoms with Gasteiger partial charge in [-0.1, -0.05) is 60.7 Å². The molecule has 7 heteroatoms. The van der Waals surface area contributed by atoms with Crippen LogP contribution >= 0.6 is 23.2 Å². The number of hydrogen-bond donors (Lipinski definition) is 1. The van der Waals surface area contributed by atoms with Crippen molar-refractivity contribution in [3.05, 3.63) is 63.6 Å². The average Bonchev–Trinajstić information content (AvgIpc) is 2.76. The second kappa shape index (κ2) is 11.2. The molecule has 160 valence electrons. The van der Waals surface area contributed by atoms with Crippen molar-refractivity contribution in [1.82, 2.24) is 5.32 Å². The van der Waals surface area contributed by atoms with Gasteiger partial charge < -0.3 is 14.8 Å². The number of amides is 1. The van der Waals surface area contributed by atoms with Gasteiger partial charge in [0.2, 0.25) is 0 Å². The van der Waals surface area contributed by atoms with Crippen molar-refractivity contribution >= 4 is 35.1 Å². The number of nitrogens with one attached hydrogen (secondary N) is 1. The minimum Gasteiger partial charge on any atom is -0.488 e. The quantitative estimate of drug-likeness (QED) is 0.545. The van der Waals surface area contributed by atoms with E-state index in [-0.39, 0.29) is 24.7 Å². The Labute approximate surface area is 186 Å². The summed E-state index contributed by atoms with van der Waals surface area (Å²) in [5, 5.41) is 3.88. The van der Waals surface area contributed by atoms with Crippen LogP contribution in [0.25, 0.3) is 0 Å². The van der Waals surface area contributed by atoms with Crippen LogP contribution in [0.5, 0.6) is 5.75 Å². The van der Waals surface area contributed by atoms with Gasteiger partial charge in [0.05, 0.1) is 0 Å². The molecule has 0 heterocycles. The van der Waals surface area contributed by atoms with E-state index in [1.807, 2.05) is 0 Å². The van der Waals surface area contributed by atoms with E-state index in [1.54, 1.807) is 42.5 Å². The smallest absolute Gasteiger partial charge is 0.342 e. The van der Waals surface area contributed by atoms with Crippen LogP contribution in [0.3, 0.4) is 0 Å². The summed E-state index contributed by atoms with van der Waals surface area (Å²) in [5.41, 5.74) is 0.994. The number of hydrogen-bond acceptors (Lipinski definition) is 4. The number of rotatable bonds is 8. The maximum absolute atomic E-state index is 12.5. The molecule has 2 aromatic carbocycles. The molecule has 2 aromatic rings. The fourth-order valence-electron chi connectivity index (χ4n) is 3.46. The highest BCUT2D eigenvalue weighted by atomic mass is 35.5. The van der Waals surface area contributed by atoms with Gasteiger partial charge in [0.25, 0.3) is 5.91 Å². The molecule has 1 N–H and O–H groups in total. The Morgan fingerprint density at radius 3 is 2.57 bits per heavy atom. The van der Waals surface area contributed by atoms with Crippen molar-refractivity contribution in [2.24, 2.45) is 5.92 Å². The molecule has 1 aliphatic carbocycles. The fourth-order valence-corrected chi connectivity index (χ4v) is 3.93. The van der Waals surface area contributed by atoms with Crippen LogP contribution in [0, 0.1) is 5.92 Å². The van der Waals surface area contributed by atoms with Crippen LogP contribution in [0.2, 0.25) is 10.0 Å². The van der Waals surface area contributed by atoms with Gasteiger partial charge in [-0.25, -0.2) is 4.79 Å². The van der Waals surface area contributed by atoms with Crippen molar-refractivity contribution in [2.45, 2.75) is 38.7 Å². The van der Waals surface area contributed by atoms with Gasteiger partial charge >= 0.3 is 5.97 Å². The van der Waals surface area contributed by atoms with E-state index in [1.165, 1.54) is 19.3 Å². The molecule has 0 bridgehead atoms. The fraction of sp³-hybridized carbons (Fsp3) is 0.391. The van der Waals surface area contributed by atoms with Gasteiger partial charge in [-0.3, -0.25) is 4.79 Å². The highest BCUT2D eigenvalue weighted by Crippen LogP contribution is 2.25. The number of benzene rings is 2. The Morgan fingerprint density at radius 1 is 1.03 bits per heavy atom. The molecular weight excluding hydrogens is 425 g/mol. The summed E-state index contributed by atoms with van der Waals surface area (Å²) in [6.45, 7) is 0.489. The Morgan fingerprint density at radius 2 is 1.80 bits per heavy atom. The normalized spacial score (nSPS) is 14.2. The number of halogens is 2. The number of para-hydroxylation sites is 1. The van der Waals surface area contributed by atoms with Crippen LogP contribution in [0.15, 0.2) is 42.5 Å². The zero-order chi connectivity index (χ0) is 21.3. The SMILES string of the molecule is O=C(COC(=O)c1ccccc1OCc1ccc(Cl)cc1Cl)NCC1CCCCC1. The lowest BCUT2D eigenvalue weighted by atomic mass is 9.89. The Kier molecular flexibility index (Phi) is 8.40. The van der Waals surface area contributed by atoms with Gasteiger partial charge in [0.15, 0.2) is 6.61 Å². The molecule has 0 atom stereocenters. The molecule has 1 saturated carbocycles. The lowest BCUT2D eigenvalue weighted by Gasteiger charge is -2.21. The summed E-state index contributed by atoms with van der Waals surface area (Å²) in [7, 11) is 0. The second-order valence-electron chi connectivity index (χ2n) is 7.40. The van der Waals surface area contributed by atoms with Crippen LogP contribution in [0.1, 0.15) is 48.0 Å². The summed E-state index contributed by atoms with van der Waals surface area (Å²) >= 11 is 12.1. The number of carbonyl (C=O) groups excluding carboxylic acids is 2. The lowest BCUT2D eigenvalue weighted by molar-refractivity contribution is -0.124. The standard InChI is InChI=1S/C23H25Cl2NO4/c24-18-11-10-17(20(25)12-18)14-29-21-9-5-4-8-19(21)23(28)30-15-22(27)26-13-16-6-2-1-3-7-16/h4-5,8-12,16H,1-3,6-7,13-15H2,(H,26,27). The molecule has 5 nitrogen and oxygen atoms in total. The monoisotopic (exact) mass is 449 g/mol. The zero-order valence-corrected chi connectivity index (χ0v) is 18.2. The molecule has 0 spiro atoms. The summed E-state index contributed by atoms with van der Waals surface area (Å²) in [4.78, 5) is 24.5. The minimum atomic E-state index is -0.611. The second-order valence-corrected chi connectivity index (χ2v) is 8.25. The first-order valence-corrected chi connectivity index (χ1v) is 10.9. The third-order valence-electron chi connectivity index (χ3n) is 5.15. The number of esters is 1. The van der Waals surface area contributed by atoms with Crippen molar-refractivity contribution < 1.29 is 19.1 Å². The molecular formula is C23H25Cl2NO4. The molecule has 30 heavy (non-hydrogen) atoms. The van der Waals surface area contributed by atoms with Gasteiger partial charge in [-0.05, 0) is 43.0 Å². The van der Waals surface area contributed by atoms with Crippen LogP contribution in [0.4, 0.5) is 0 Å². The molecule has 0 saturated heterocycles. The lowest BCUT2D eigenvalue weighted by Crippen LogP contribution is -2.33. The van der Waals surface area contributed by atoms with Crippen LogP contribution in [-0.4, -0.2) is 25.0 Å². The predicted molar refractivity (Wildman–Crippen MR) is 117 cm³/mol. The average molecular weight is 450 g/mol. The van der Waals surface area contributed by atoms with Gasteiger partial charge in [-0.15, -0.1) is 0 Å². The first kappa shape index (κ1) is 22.4. The van der Waals surface area contributed by atoms with E-state index < -0.39 is 5.97 Å². The molecule has 0 aliphatic heterocycles. The van der Waals surface area contributed by atoms with E-state index in [4.69, 9.17) is 32.7 Å². The number of carbonyl (C=O) groups is 2. The topological polar surface area (TPSA) is 64.6 Å². The third-order valence-corrected chi connectivity index (χ3v) is 5.74. The number of ether oxygens (including phenoxy) is 2. The van der Waals surface area contributed by atoms with Crippen molar-refractivity contribution in [1.29, 1.82) is 0 Å². The molecule has 0 unspecified atom stereocenters. The molecule has 1 aliphatic rings. The molecule has 3 rings (SSSR count). The third kappa shape index (κ3) is 6.64. The predicted octanol–water partition coefficient (Wildman–Crippen LogP) is 5.43. The minimum absolute atomic E-state index is 0.169. The zero-order valence-electron chi connectivity index (χ0n) is 16.7. The van der Waals surface area contributed by atoms with Gasteiger partial charge in [0, 0.05) is 22.2 Å². The highest BCUT2D eigenvalue weighted by molar-refractivity contribution is 6.35.